The Morgan fingerprint density at radius 1 is 1.22 bits per heavy atom. The van der Waals surface area contributed by atoms with Gasteiger partial charge >= 0.3 is 12.1 Å². The molecular weight excluding hydrogens is 350 g/mol. The molecule has 1 aromatic carbocycles. The Morgan fingerprint density at radius 3 is 2.63 bits per heavy atom. The van der Waals surface area contributed by atoms with Gasteiger partial charge in [0.05, 0.1) is 13.1 Å². The maximum Gasteiger partial charge on any atom is 0.410 e. The van der Waals surface area contributed by atoms with Crippen LogP contribution in [0.1, 0.15) is 18.7 Å². The van der Waals surface area contributed by atoms with Crippen LogP contribution in [0.2, 0.25) is 0 Å². The summed E-state index contributed by atoms with van der Waals surface area (Å²) in [6.07, 6.45) is 1.24. The van der Waals surface area contributed by atoms with Gasteiger partial charge in [0.15, 0.2) is 0 Å². The predicted octanol–water partition coefficient (Wildman–Crippen LogP) is 2.49. The summed E-state index contributed by atoms with van der Waals surface area (Å²) in [5.41, 5.74) is 0.854. The number of hydrogen-bond acceptors (Lipinski definition) is 6. The molecule has 2 saturated heterocycles. The molecule has 0 unspecified atom stereocenters. The number of carbonyl (C=O) groups is 2. The van der Waals surface area contributed by atoms with Crippen molar-refractivity contribution >= 4 is 17.8 Å². The van der Waals surface area contributed by atoms with Crippen molar-refractivity contribution in [1.82, 2.24) is 20.0 Å². The largest absolute Gasteiger partial charge is 0.439 e. The minimum absolute atomic E-state index is 0.207. The van der Waals surface area contributed by atoms with Crippen molar-refractivity contribution in [2.45, 2.75) is 25.4 Å². The van der Waals surface area contributed by atoms with Gasteiger partial charge in [-0.05, 0) is 37.1 Å². The molecule has 0 aliphatic carbocycles. The van der Waals surface area contributed by atoms with Crippen LogP contribution in [0.4, 0.5) is 15.3 Å². The number of likely N-dealkylation sites (N-methyl/N-ethyl adjacent to an activating group) is 1. The number of benzene rings is 1. The first-order valence-corrected chi connectivity index (χ1v) is 8.85. The van der Waals surface area contributed by atoms with E-state index in [0.717, 1.165) is 18.4 Å². The highest BCUT2D eigenvalue weighted by Gasteiger charge is 2.47. The molecule has 3 amide bonds. The minimum Gasteiger partial charge on any atom is -0.439 e. The first kappa shape index (κ1) is 17.3. The van der Waals surface area contributed by atoms with E-state index in [0.29, 0.717) is 37.1 Å². The number of carbonyl (C=O) groups excluding carboxylic acids is 2. The first-order valence-electron chi connectivity index (χ1n) is 8.85. The third-order valence-corrected chi connectivity index (χ3v) is 4.88. The van der Waals surface area contributed by atoms with E-state index < -0.39 is 5.60 Å². The lowest BCUT2D eigenvalue weighted by Crippen LogP contribution is -2.53. The van der Waals surface area contributed by atoms with Gasteiger partial charge in [-0.1, -0.05) is 0 Å². The molecule has 2 aliphatic rings. The number of urea groups is 1. The zero-order chi connectivity index (χ0) is 19.0. The lowest BCUT2D eigenvalue weighted by atomic mass is 9.93. The Balaban J connectivity index is 1.41. The monoisotopic (exact) mass is 371 g/mol. The van der Waals surface area contributed by atoms with Crippen molar-refractivity contribution in [2.75, 3.05) is 32.0 Å². The molecule has 1 atom stereocenters. The van der Waals surface area contributed by atoms with E-state index in [2.05, 4.69) is 15.5 Å². The van der Waals surface area contributed by atoms with Gasteiger partial charge < -0.3 is 24.3 Å². The lowest BCUT2D eigenvalue weighted by Gasteiger charge is -2.38. The van der Waals surface area contributed by atoms with Crippen molar-refractivity contribution < 1.29 is 18.7 Å². The molecule has 3 heterocycles. The Hall–Kier alpha value is -3.10. The summed E-state index contributed by atoms with van der Waals surface area (Å²) in [6.45, 7) is 3.27. The fourth-order valence-corrected chi connectivity index (χ4v) is 3.59. The van der Waals surface area contributed by atoms with E-state index in [1.54, 1.807) is 35.9 Å². The third kappa shape index (κ3) is 3.44. The molecule has 0 saturated carbocycles. The molecular formula is C18H21N5O4. The van der Waals surface area contributed by atoms with Gasteiger partial charge in [0.25, 0.3) is 0 Å². The van der Waals surface area contributed by atoms with Gasteiger partial charge in [0.1, 0.15) is 5.60 Å². The molecule has 1 N–H and O–H groups in total. The summed E-state index contributed by atoms with van der Waals surface area (Å²) in [5, 5.41) is 10.7. The van der Waals surface area contributed by atoms with Crippen molar-refractivity contribution in [1.29, 1.82) is 0 Å². The van der Waals surface area contributed by atoms with Crippen LogP contribution in [-0.4, -0.2) is 64.4 Å². The number of aryl methyl sites for hydroxylation is 1. The molecule has 142 valence electrons. The molecule has 2 aromatic rings. The zero-order valence-electron chi connectivity index (χ0n) is 15.3. The van der Waals surface area contributed by atoms with E-state index >= 15 is 0 Å². The van der Waals surface area contributed by atoms with Crippen LogP contribution in [0.25, 0.3) is 11.5 Å². The van der Waals surface area contributed by atoms with Gasteiger partial charge in [-0.25, -0.2) is 9.59 Å². The number of anilines is 1. The molecule has 9 heteroatoms. The average molecular weight is 371 g/mol. The summed E-state index contributed by atoms with van der Waals surface area (Å²) < 4.78 is 10.9. The predicted molar refractivity (Wildman–Crippen MR) is 96.1 cm³/mol. The number of amides is 3. The van der Waals surface area contributed by atoms with Crippen molar-refractivity contribution in [2.24, 2.45) is 0 Å². The van der Waals surface area contributed by atoms with Crippen molar-refractivity contribution in [3.8, 4) is 11.5 Å². The van der Waals surface area contributed by atoms with E-state index in [1.165, 1.54) is 0 Å². The summed E-state index contributed by atoms with van der Waals surface area (Å²) in [7, 11) is 1.71. The van der Waals surface area contributed by atoms with Crippen LogP contribution < -0.4 is 5.32 Å². The number of rotatable bonds is 2. The average Bonchev–Trinajstić information content (AvgIpc) is 3.19. The maximum absolute atomic E-state index is 12.6. The minimum atomic E-state index is -0.596. The standard InChI is InChI=1S/C18H21N5O4/c1-12-20-21-15(26-12)13-4-6-14(7-5-13)19-16(24)23-9-3-8-18(11-23)10-22(2)17(25)27-18/h4-7H,3,8-11H2,1-2H3,(H,19,24)/t18-/m0/s1. The zero-order valence-corrected chi connectivity index (χ0v) is 15.3. The summed E-state index contributed by atoms with van der Waals surface area (Å²) in [5.74, 6) is 0.940. The fourth-order valence-electron chi connectivity index (χ4n) is 3.59. The van der Waals surface area contributed by atoms with E-state index in [-0.39, 0.29) is 12.1 Å². The lowest BCUT2D eigenvalue weighted by molar-refractivity contribution is 0.00497. The molecule has 1 spiro atoms. The summed E-state index contributed by atoms with van der Waals surface area (Å²) >= 11 is 0. The Kier molecular flexibility index (Phi) is 4.21. The number of nitrogens with zero attached hydrogens (tertiary/aromatic N) is 4. The number of nitrogens with one attached hydrogen (secondary N) is 1. The molecule has 27 heavy (non-hydrogen) atoms. The van der Waals surface area contributed by atoms with Crippen molar-refractivity contribution in [3.05, 3.63) is 30.2 Å². The summed E-state index contributed by atoms with van der Waals surface area (Å²) in [6, 6.07) is 6.99. The number of likely N-dealkylation sites (tertiary alicyclic amines) is 1. The smallest absolute Gasteiger partial charge is 0.410 e. The van der Waals surface area contributed by atoms with E-state index in [1.807, 2.05) is 12.1 Å². The third-order valence-electron chi connectivity index (χ3n) is 4.88. The van der Waals surface area contributed by atoms with Crippen LogP contribution >= 0.6 is 0 Å². The molecule has 0 radical (unpaired) electrons. The Bertz CT molecular complexity index is 865. The number of piperidine rings is 1. The van der Waals surface area contributed by atoms with Crippen LogP contribution in [0.15, 0.2) is 28.7 Å². The van der Waals surface area contributed by atoms with Crippen LogP contribution in [0, 0.1) is 6.92 Å². The van der Waals surface area contributed by atoms with Gasteiger partial charge in [0.2, 0.25) is 11.8 Å². The molecule has 0 bridgehead atoms. The second kappa shape index (κ2) is 6.57. The second-order valence-electron chi connectivity index (χ2n) is 7.07. The van der Waals surface area contributed by atoms with Crippen LogP contribution in [0.3, 0.4) is 0 Å². The van der Waals surface area contributed by atoms with E-state index in [4.69, 9.17) is 9.15 Å². The highest BCUT2D eigenvalue weighted by Crippen LogP contribution is 2.31. The molecule has 4 rings (SSSR count). The van der Waals surface area contributed by atoms with Gasteiger partial charge in [-0.15, -0.1) is 10.2 Å². The number of ether oxygens (including phenoxy) is 1. The highest BCUT2D eigenvalue weighted by molar-refractivity contribution is 5.89. The first-order chi connectivity index (χ1) is 12.9. The normalized spacial score (nSPS) is 22.2. The Labute approximate surface area is 156 Å². The molecule has 2 aliphatic heterocycles. The topological polar surface area (TPSA) is 101 Å². The molecule has 1 aromatic heterocycles. The Morgan fingerprint density at radius 2 is 2.00 bits per heavy atom. The van der Waals surface area contributed by atoms with Gasteiger partial charge in [-0.3, -0.25) is 0 Å². The van der Waals surface area contributed by atoms with Crippen molar-refractivity contribution in [3.63, 3.8) is 0 Å². The number of aromatic nitrogens is 2. The molecule has 9 nitrogen and oxygen atoms in total. The van der Waals surface area contributed by atoms with Crippen LogP contribution in [-0.2, 0) is 4.74 Å². The highest BCUT2D eigenvalue weighted by atomic mass is 16.6. The molecule has 2 fully saturated rings. The van der Waals surface area contributed by atoms with E-state index in [9.17, 15) is 9.59 Å². The number of hydrogen-bond donors (Lipinski definition) is 1. The quantitative estimate of drug-likeness (QED) is 0.870. The second-order valence-corrected chi connectivity index (χ2v) is 7.07. The maximum atomic E-state index is 12.6. The SMILES string of the molecule is Cc1nnc(-c2ccc(NC(=O)N3CCC[C@]4(CN(C)C(=O)O4)C3)cc2)o1. The van der Waals surface area contributed by atoms with Gasteiger partial charge in [-0.2, -0.15) is 0 Å². The fraction of sp³-hybridized carbons (Fsp3) is 0.444. The summed E-state index contributed by atoms with van der Waals surface area (Å²) in [4.78, 5) is 27.6. The van der Waals surface area contributed by atoms with Gasteiger partial charge in [0, 0.05) is 31.8 Å². The van der Waals surface area contributed by atoms with Crippen LogP contribution in [0.5, 0.6) is 0 Å².